The average Bonchev–Trinajstić information content (AvgIpc) is 2.53. The molecule has 1 aromatic rings. The Hall–Kier alpha value is -0.790. The highest BCUT2D eigenvalue weighted by atomic mass is 15.3. The number of aryl methyl sites for hydroxylation is 1. The van der Waals surface area contributed by atoms with Crippen LogP contribution in [-0.2, 0) is 6.42 Å². The topological polar surface area (TPSA) is 17.8 Å². The molecule has 1 aromatic heterocycles. The Morgan fingerprint density at radius 2 is 2.00 bits per heavy atom. The largest absolute Gasteiger partial charge is 0.269 e. The summed E-state index contributed by atoms with van der Waals surface area (Å²) in [4.78, 5) is 0. The summed E-state index contributed by atoms with van der Waals surface area (Å²) in [6.45, 7) is 2.17. The fraction of sp³-hybridized carbons (Fsp3) is 0.750. The Kier molecular flexibility index (Phi) is 3.22. The molecular formula is C12H20N2. The predicted octanol–water partition coefficient (Wildman–Crippen LogP) is 3.34. The van der Waals surface area contributed by atoms with Gasteiger partial charge in [-0.15, -0.1) is 0 Å². The van der Waals surface area contributed by atoms with E-state index >= 15 is 0 Å². The van der Waals surface area contributed by atoms with Crippen molar-refractivity contribution >= 4 is 0 Å². The van der Waals surface area contributed by atoms with Gasteiger partial charge in [-0.2, -0.15) is 5.10 Å². The molecule has 0 amide bonds. The molecule has 2 rings (SSSR count). The van der Waals surface area contributed by atoms with Gasteiger partial charge in [0.2, 0.25) is 0 Å². The lowest BCUT2D eigenvalue weighted by molar-refractivity contribution is 0.403. The average molecular weight is 192 g/mol. The summed E-state index contributed by atoms with van der Waals surface area (Å²) in [7, 11) is 0. The zero-order valence-corrected chi connectivity index (χ0v) is 9.08. The second kappa shape index (κ2) is 4.63. The molecule has 0 aliphatic heterocycles. The van der Waals surface area contributed by atoms with Crippen LogP contribution in [0.3, 0.4) is 0 Å². The molecule has 0 atom stereocenters. The highest BCUT2D eigenvalue weighted by molar-refractivity contribution is 4.99. The van der Waals surface area contributed by atoms with E-state index in [1.165, 1.54) is 44.2 Å². The van der Waals surface area contributed by atoms with Gasteiger partial charge in [-0.1, -0.05) is 32.6 Å². The van der Waals surface area contributed by atoms with Gasteiger partial charge in [0.05, 0.1) is 11.7 Å². The van der Waals surface area contributed by atoms with Crippen molar-refractivity contribution in [2.75, 3.05) is 0 Å². The maximum absolute atomic E-state index is 4.61. The van der Waals surface area contributed by atoms with Crippen molar-refractivity contribution in [1.29, 1.82) is 0 Å². The van der Waals surface area contributed by atoms with Crippen LogP contribution in [0.1, 0.15) is 57.2 Å². The molecule has 0 spiro atoms. The first-order chi connectivity index (χ1) is 6.90. The molecule has 1 fully saturated rings. The van der Waals surface area contributed by atoms with Crippen molar-refractivity contribution in [2.45, 2.75) is 57.9 Å². The zero-order chi connectivity index (χ0) is 9.80. The molecule has 1 saturated carbocycles. The zero-order valence-electron chi connectivity index (χ0n) is 9.08. The number of hydrogen-bond acceptors (Lipinski definition) is 1. The van der Waals surface area contributed by atoms with E-state index in [2.05, 4.69) is 29.0 Å². The summed E-state index contributed by atoms with van der Waals surface area (Å²) in [6.07, 6.45) is 11.5. The molecule has 78 valence electrons. The standard InChI is InChI=1S/C12H20N2/c1-2-11-9-10-14(13-11)12-7-5-3-4-6-8-12/h9-10,12H,2-8H2,1H3. The molecule has 0 saturated heterocycles. The summed E-state index contributed by atoms with van der Waals surface area (Å²) in [5, 5.41) is 4.61. The van der Waals surface area contributed by atoms with E-state index in [4.69, 9.17) is 0 Å². The first-order valence-electron chi connectivity index (χ1n) is 5.94. The molecule has 0 aromatic carbocycles. The van der Waals surface area contributed by atoms with Gasteiger partial charge in [0.25, 0.3) is 0 Å². The number of aromatic nitrogens is 2. The maximum atomic E-state index is 4.61. The quantitative estimate of drug-likeness (QED) is 0.657. The molecule has 0 unspecified atom stereocenters. The van der Waals surface area contributed by atoms with Gasteiger partial charge in [0.1, 0.15) is 0 Å². The molecule has 2 nitrogen and oxygen atoms in total. The first kappa shape index (κ1) is 9.75. The Morgan fingerprint density at radius 3 is 2.57 bits per heavy atom. The normalized spacial score (nSPS) is 19.5. The third-order valence-corrected chi connectivity index (χ3v) is 3.22. The van der Waals surface area contributed by atoms with Gasteiger partial charge in [0, 0.05) is 6.20 Å². The van der Waals surface area contributed by atoms with Crippen molar-refractivity contribution in [3.63, 3.8) is 0 Å². The van der Waals surface area contributed by atoms with Crippen LogP contribution in [0.25, 0.3) is 0 Å². The van der Waals surface area contributed by atoms with Crippen molar-refractivity contribution in [1.82, 2.24) is 9.78 Å². The molecule has 0 radical (unpaired) electrons. The third kappa shape index (κ3) is 2.17. The van der Waals surface area contributed by atoms with Crippen LogP contribution in [0.4, 0.5) is 0 Å². The van der Waals surface area contributed by atoms with Gasteiger partial charge in [-0.25, -0.2) is 0 Å². The van der Waals surface area contributed by atoms with E-state index in [0.717, 1.165) is 6.42 Å². The lowest BCUT2D eigenvalue weighted by atomic mass is 10.1. The highest BCUT2D eigenvalue weighted by Crippen LogP contribution is 2.26. The molecule has 1 aliphatic rings. The van der Waals surface area contributed by atoms with Gasteiger partial charge in [-0.05, 0) is 25.3 Å². The highest BCUT2D eigenvalue weighted by Gasteiger charge is 2.14. The third-order valence-electron chi connectivity index (χ3n) is 3.22. The van der Waals surface area contributed by atoms with Crippen molar-refractivity contribution < 1.29 is 0 Å². The summed E-state index contributed by atoms with van der Waals surface area (Å²) >= 11 is 0. The summed E-state index contributed by atoms with van der Waals surface area (Å²) < 4.78 is 2.20. The summed E-state index contributed by atoms with van der Waals surface area (Å²) in [5.74, 6) is 0. The lowest BCUT2D eigenvalue weighted by Crippen LogP contribution is -2.08. The Bertz CT molecular complexity index is 270. The number of rotatable bonds is 2. The van der Waals surface area contributed by atoms with Gasteiger partial charge < -0.3 is 0 Å². The Morgan fingerprint density at radius 1 is 1.29 bits per heavy atom. The van der Waals surface area contributed by atoms with Crippen LogP contribution in [0.15, 0.2) is 12.3 Å². The minimum atomic E-state index is 0.679. The minimum Gasteiger partial charge on any atom is -0.269 e. The van der Waals surface area contributed by atoms with E-state index in [1.807, 2.05) is 0 Å². The fourth-order valence-electron chi connectivity index (χ4n) is 2.29. The minimum absolute atomic E-state index is 0.679. The first-order valence-corrected chi connectivity index (χ1v) is 5.94. The van der Waals surface area contributed by atoms with Crippen LogP contribution in [0, 0.1) is 0 Å². The van der Waals surface area contributed by atoms with E-state index < -0.39 is 0 Å². The van der Waals surface area contributed by atoms with Crippen molar-refractivity contribution in [3.8, 4) is 0 Å². The van der Waals surface area contributed by atoms with E-state index in [-0.39, 0.29) is 0 Å². The Labute approximate surface area is 86.3 Å². The second-order valence-electron chi connectivity index (χ2n) is 4.29. The van der Waals surface area contributed by atoms with Crippen molar-refractivity contribution in [3.05, 3.63) is 18.0 Å². The number of hydrogen-bond donors (Lipinski definition) is 0. The summed E-state index contributed by atoms with van der Waals surface area (Å²) in [5.41, 5.74) is 1.23. The maximum Gasteiger partial charge on any atom is 0.0621 e. The lowest BCUT2D eigenvalue weighted by Gasteiger charge is -2.14. The predicted molar refractivity (Wildman–Crippen MR) is 58.3 cm³/mol. The molecule has 0 bridgehead atoms. The van der Waals surface area contributed by atoms with Crippen LogP contribution >= 0.6 is 0 Å². The van der Waals surface area contributed by atoms with E-state index in [0.29, 0.717) is 6.04 Å². The molecule has 2 heteroatoms. The van der Waals surface area contributed by atoms with Crippen LogP contribution < -0.4 is 0 Å². The fourth-order valence-corrected chi connectivity index (χ4v) is 2.29. The van der Waals surface area contributed by atoms with Crippen LogP contribution in [0.5, 0.6) is 0 Å². The van der Waals surface area contributed by atoms with Crippen molar-refractivity contribution in [2.24, 2.45) is 0 Å². The Balaban J connectivity index is 2.04. The monoisotopic (exact) mass is 192 g/mol. The van der Waals surface area contributed by atoms with Crippen LogP contribution in [-0.4, -0.2) is 9.78 Å². The number of nitrogens with zero attached hydrogens (tertiary/aromatic N) is 2. The molecular weight excluding hydrogens is 172 g/mol. The SMILES string of the molecule is CCc1ccn(C2CCCCCC2)n1. The molecule has 0 N–H and O–H groups in total. The molecule has 1 aliphatic carbocycles. The summed E-state index contributed by atoms with van der Waals surface area (Å²) in [6, 6.07) is 2.84. The second-order valence-corrected chi connectivity index (χ2v) is 4.29. The van der Waals surface area contributed by atoms with Gasteiger partial charge in [0.15, 0.2) is 0 Å². The van der Waals surface area contributed by atoms with Crippen LogP contribution in [0.2, 0.25) is 0 Å². The van der Waals surface area contributed by atoms with E-state index in [1.54, 1.807) is 0 Å². The molecule has 1 heterocycles. The van der Waals surface area contributed by atoms with Gasteiger partial charge in [-0.3, -0.25) is 4.68 Å². The molecule has 14 heavy (non-hydrogen) atoms. The van der Waals surface area contributed by atoms with E-state index in [9.17, 15) is 0 Å². The smallest absolute Gasteiger partial charge is 0.0621 e. The van der Waals surface area contributed by atoms with Gasteiger partial charge >= 0.3 is 0 Å².